The molecule has 0 saturated heterocycles. The summed E-state index contributed by atoms with van der Waals surface area (Å²) in [5.41, 5.74) is 4.36. The molecule has 2 heterocycles. The van der Waals surface area contributed by atoms with Gasteiger partial charge in [0.15, 0.2) is 5.13 Å². The standard InChI is InChI=1S/C22H20ClN3O2S/c1-11-7-13(3)20-16(8-11)12(2)9-19(27)26(20)14(4)21(28)25-22-24-17-6-5-15(23)10-18(17)29-22/h5-10,14H,1-4H3,(H,24,25,28). The fourth-order valence-electron chi connectivity index (χ4n) is 3.69. The predicted octanol–water partition coefficient (Wildman–Crippen LogP) is 5.39. The number of fused-ring (bicyclic) bond motifs is 2. The molecule has 0 spiro atoms. The molecule has 0 aliphatic heterocycles. The number of halogens is 1. The molecular weight excluding hydrogens is 406 g/mol. The first kappa shape index (κ1) is 19.6. The summed E-state index contributed by atoms with van der Waals surface area (Å²) in [7, 11) is 0. The lowest BCUT2D eigenvalue weighted by molar-refractivity contribution is -0.118. The quantitative estimate of drug-likeness (QED) is 0.478. The van der Waals surface area contributed by atoms with Crippen LogP contribution >= 0.6 is 22.9 Å². The number of aromatic nitrogens is 2. The first-order chi connectivity index (χ1) is 13.7. The van der Waals surface area contributed by atoms with E-state index >= 15 is 0 Å². The number of anilines is 1. The van der Waals surface area contributed by atoms with E-state index in [1.807, 2.05) is 39.0 Å². The Kier molecular flexibility index (Phi) is 4.92. The zero-order valence-corrected chi connectivity index (χ0v) is 18.1. The van der Waals surface area contributed by atoms with Crippen molar-refractivity contribution in [1.82, 2.24) is 9.55 Å². The molecule has 0 aliphatic carbocycles. The molecule has 29 heavy (non-hydrogen) atoms. The Morgan fingerprint density at radius 2 is 1.90 bits per heavy atom. The summed E-state index contributed by atoms with van der Waals surface area (Å²) in [5, 5.41) is 4.94. The summed E-state index contributed by atoms with van der Waals surface area (Å²) >= 11 is 7.38. The van der Waals surface area contributed by atoms with Crippen LogP contribution in [-0.2, 0) is 4.79 Å². The third kappa shape index (κ3) is 3.54. The Labute approximate surface area is 177 Å². The van der Waals surface area contributed by atoms with Crippen molar-refractivity contribution in [3.63, 3.8) is 0 Å². The predicted molar refractivity (Wildman–Crippen MR) is 120 cm³/mol. The van der Waals surface area contributed by atoms with Crippen LogP contribution in [0.4, 0.5) is 5.13 Å². The summed E-state index contributed by atoms with van der Waals surface area (Å²) in [6.07, 6.45) is 0. The molecule has 1 atom stereocenters. The number of amides is 1. The minimum absolute atomic E-state index is 0.194. The van der Waals surface area contributed by atoms with Crippen molar-refractivity contribution < 1.29 is 4.79 Å². The molecule has 0 fully saturated rings. The second-order valence-corrected chi connectivity index (χ2v) is 8.78. The smallest absolute Gasteiger partial charge is 0.252 e. The van der Waals surface area contributed by atoms with Crippen molar-refractivity contribution in [2.45, 2.75) is 33.7 Å². The van der Waals surface area contributed by atoms with Crippen LogP contribution in [0.25, 0.3) is 21.1 Å². The van der Waals surface area contributed by atoms with E-state index in [-0.39, 0.29) is 11.5 Å². The average molecular weight is 426 g/mol. The number of carbonyl (C=O) groups excluding carboxylic acids is 1. The van der Waals surface area contributed by atoms with E-state index in [0.29, 0.717) is 10.2 Å². The number of hydrogen-bond acceptors (Lipinski definition) is 4. The fourth-order valence-corrected chi connectivity index (χ4v) is 4.83. The van der Waals surface area contributed by atoms with E-state index in [9.17, 15) is 9.59 Å². The number of pyridine rings is 1. The van der Waals surface area contributed by atoms with E-state index in [2.05, 4.69) is 16.4 Å². The summed E-state index contributed by atoms with van der Waals surface area (Å²) in [5.74, 6) is -0.289. The highest BCUT2D eigenvalue weighted by Gasteiger charge is 2.21. The topological polar surface area (TPSA) is 64.0 Å². The zero-order chi connectivity index (χ0) is 20.9. The summed E-state index contributed by atoms with van der Waals surface area (Å²) < 4.78 is 2.46. The maximum absolute atomic E-state index is 13.0. The molecule has 4 aromatic rings. The highest BCUT2D eigenvalue weighted by Crippen LogP contribution is 2.29. The maximum Gasteiger partial charge on any atom is 0.252 e. The van der Waals surface area contributed by atoms with Crippen LogP contribution in [0, 0.1) is 20.8 Å². The molecule has 7 heteroatoms. The molecular formula is C22H20ClN3O2S. The van der Waals surface area contributed by atoms with Crippen LogP contribution in [-0.4, -0.2) is 15.5 Å². The van der Waals surface area contributed by atoms with Gasteiger partial charge in [0.2, 0.25) is 5.91 Å². The molecule has 1 unspecified atom stereocenters. The van der Waals surface area contributed by atoms with Gasteiger partial charge in [0.05, 0.1) is 15.7 Å². The summed E-state index contributed by atoms with van der Waals surface area (Å²) in [6, 6.07) is 10.4. The van der Waals surface area contributed by atoms with Crippen molar-refractivity contribution in [2.75, 3.05) is 5.32 Å². The number of thiazole rings is 1. The van der Waals surface area contributed by atoms with Crippen LogP contribution in [0.15, 0.2) is 41.2 Å². The van der Waals surface area contributed by atoms with Gasteiger partial charge in [-0.05, 0) is 63.1 Å². The number of aryl methyl sites for hydroxylation is 3. The van der Waals surface area contributed by atoms with E-state index in [0.717, 1.165) is 37.8 Å². The van der Waals surface area contributed by atoms with Crippen molar-refractivity contribution in [3.8, 4) is 0 Å². The van der Waals surface area contributed by atoms with Gasteiger partial charge < -0.3 is 5.32 Å². The minimum Gasteiger partial charge on any atom is -0.300 e. The van der Waals surface area contributed by atoms with Crippen LogP contribution in [0.3, 0.4) is 0 Å². The molecule has 0 aliphatic rings. The van der Waals surface area contributed by atoms with Crippen molar-refractivity contribution in [2.24, 2.45) is 0 Å². The van der Waals surface area contributed by atoms with Gasteiger partial charge in [0.25, 0.3) is 5.56 Å². The van der Waals surface area contributed by atoms with E-state index < -0.39 is 6.04 Å². The van der Waals surface area contributed by atoms with Crippen LogP contribution in [0.5, 0.6) is 0 Å². The first-order valence-electron chi connectivity index (χ1n) is 9.24. The van der Waals surface area contributed by atoms with Gasteiger partial charge in [-0.1, -0.05) is 34.6 Å². The largest absolute Gasteiger partial charge is 0.300 e. The normalized spacial score (nSPS) is 12.4. The SMILES string of the molecule is Cc1cc(C)c2c(c1)c(C)cc(=O)n2C(C)C(=O)Nc1nc2ccc(Cl)cc2s1. The third-order valence-electron chi connectivity index (χ3n) is 5.04. The summed E-state index contributed by atoms with van der Waals surface area (Å²) in [6.45, 7) is 7.64. The van der Waals surface area contributed by atoms with Gasteiger partial charge in [-0.3, -0.25) is 14.2 Å². The van der Waals surface area contributed by atoms with Crippen molar-refractivity contribution in [1.29, 1.82) is 0 Å². The van der Waals surface area contributed by atoms with Crippen LogP contribution in [0.2, 0.25) is 5.02 Å². The highest BCUT2D eigenvalue weighted by atomic mass is 35.5. The minimum atomic E-state index is -0.692. The number of nitrogens with zero attached hydrogens (tertiary/aromatic N) is 2. The summed E-state index contributed by atoms with van der Waals surface area (Å²) in [4.78, 5) is 30.2. The molecule has 1 amide bonds. The van der Waals surface area contributed by atoms with Gasteiger partial charge in [-0.25, -0.2) is 4.98 Å². The molecule has 2 aromatic carbocycles. The fraction of sp³-hybridized carbons (Fsp3) is 0.227. The second kappa shape index (κ2) is 7.28. The van der Waals surface area contributed by atoms with Crippen molar-refractivity contribution in [3.05, 3.63) is 68.5 Å². The molecule has 0 radical (unpaired) electrons. The molecule has 148 valence electrons. The van der Waals surface area contributed by atoms with E-state index in [4.69, 9.17) is 11.6 Å². The lowest BCUT2D eigenvalue weighted by atomic mass is 10.0. The Bertz CT molecular complexity index is 1340. The van der Waals surface area contributed by atoms with Gasteiger partial charge in [0, 0.05) is 16.5 Å². The first-order valence-corrected chi connectivity index (χ1v) is 10.4. The Balaban J connectivity index is 1.75. The van der Waals surface area contributed by atoms with Gasteiger partial charge in [-0.2, -0.15) is 0 Å². The number of hydrogen-bond donors (Lipinski definition) is 1. The maximum atomic E-state index is 13.0. The third-order valence-corrected chi connectivity index (χ3v) is 6.20. The average Bonchev–Trinajstić information content (AvgIpc) is 3.03. The molecule has 1 N–H and O–H groups in total. The Morgan fingerprint density at radius 1 is 1.14 bits per heavy atom. The van der Waals surface area contributed by atoms with Gasteiger partial charge >= 0.3 is 0 Å². The Morgan fingerprint density at radius 3 is 2.66 bits per heavy atom. The Hall–Kier alpha value is -2.70. The molecule has 4 rings (SSSR count). The van der Waals surface area contributed by atoms with Crippen molar-refractivity contribution >= 4 is 55.1 Å². The van der Waals surface area contributed by atoms with Crippen LogP contribution < -0.4 is 10.9 Å². The van der Waals surface area contributed by atoms with Gasteiger partial charge in [0.1, 0.15) is 6.04 Å². The molecule has 0 bridgehead atoms. The highest BCUT2D eigenvalue weighted by molar-refractivity contribution is 7.22. The van der Waals surface area contributed by atoms with E-state index in [1.54, 1.807) is 23.6 Å². The lowest BCUT2D eigenvalue weighted by Gasteiger charge is -2.20. The van der Waals surface area contributed by atoms with Crippen LogP contribution in [0.1, 0.15) is 29.7 Å². The van der Waals surface area contributed by atoms with E-state index in [1.165, 1.54) is 11.3 Å². The molecule has 2 aromatic heterocycles. The second-order valence-electron chi connectivity index (χ2n) is 7.31. The number of benzene rings is 2. The van der Waals surface area contributed by atoms with Gasteiger partial charge in [-0.15, -0.1) is 0 Å². The molecule has 5 nitrogen and oxygen atoms in total. The lowest BCUT2D eigenvalue weighted by Crippen LogP contribution is -2.32. The molecule has 0 saturated carbocycles. The number of carbonyl (C=O) groups is 1. The monoisotopic (exact) mass is 425 g/mol. The number of rotatable bonds is 3. The zero-order valence-electron chi connectivity index (χ0n) is 16.5. The number of nitrogens with one attached hydrogen (secondary N) is 1.